The van der Waals surface area contributed by atoms with Crippen LogP contribution in [0.1, 0.15) is 27.2 Å². The Labute approximate surface area is 97.1 Å². The van der Waals surface area contributed by atoms with Crippen LogP contribution < -0.4 is 11.1 Å². The number of hydrogen-bond acceptors (Lipinski definition) is 3. The molecule has 2 rings (SSSR count). The van der Waals surface area contributed by atoms with E-state index in [-0.39, 0.29) is 5.91 Å². The average Bonchev–Trinajstić information content (AvgIpc) is 2.76. The van der Waals surface area contributed by atoms with Crippen LogP contribution in [0, 0.1) is 0 Å². The van der Waals surface area contributed by atoms with Crippen molar-refractivity contribution in [3.63, 3.8) is 0 Å². The Kier molecular flexibility index (Phi) is 2.78. The van der Waals surface area contributed by atoms with E-state index in [1.807, 2.05) is 0 Å². The molecule has 0 fully saturated rings. The fraction of sp³-hybridized carbons (Fsp3) is 0.273. The summed E-state index contributed by atoms with van der Waals surface area (Å²) in [6, 6.07) is 0. The number of carbonyl (C=O) groups is 2. The highest BCUT2D eigenvalue weighted by Gasteiger charge is 2.25. The van der Waals surface area contributed by atoms with Gasteiger partial charge in [-0.2, -0.15) is 0 Å². The van der Waals surface area contributed by atoms with E-state index in [1.54, 1.807) is 0 Å². The summed E-state index contributed by atoms with van der Waals surface area (Å²) in [5.74, 6) is -0.791. The van der Waals surface area contributed by atoms with E-state index in [1.165, 1.54) is 17.4 Å². The third-order valence-electron chi connectivity index (χ3n) is 2.59. The molecule has 84 valence electrons. The van der Waals surface area contributed by atoms with Crippen LogP contribution in [0.5, 0.6) is 0 Å². The minimum atomic E-state index is -0.473. The SMILES string of the molecule is C=CC(=O)Nc1sc2c(c1C(N)=O)CCC2. The van der Waals surface area contributed by atoms with Crippen LogP contribution >= 0.6 is 11.3 Å². The Balaban J connectivity index is 2.41. The number of aryl methyl sites for hydroxylation is 1. The molecular formula is C11H12N2O2S. The highest BCUT2D eigenvalue weighted by Crippen LogP contribution is 2.38. The average molecular weight is 236 g/mol. The number of primary amides is 1. The molecule has 4 nitrogen and oxygen atoms in total. The molecule has 1 heterocycles. The fourth-order valence-electron chi connectivity index (χ4n) is 1.92. The number of anilines is 1. The van der Waals surface area contributed by atoms with E-state index >= 15 is 0 Å². The van der Waals surface area contributed by atoms with Gasteiger partial charge in [-0.15, -0.1) is 11.3 Å². The van der Waals surface area contributed by atoms with E-state index in [4.69, 9.17) is 5.73 Å². The fourth-order valence-corrected chi connectivity index (χ4v) is 3.21. The van der Waals surface area contributed by atoms with Crippen molar-refractivity contribution in [2.45, 2.75) is 19.3 Å². The largest absolute Gasteiger partial charge is 0.365 e. The van der Waals surface area contributed by atoms with Gasteiger partial charge in [0.1, 0.15) is 5.00 Å². The second-order valence-corrected chi connectivity index (χ2v) is 4.72. The zero-order chi connectivity index (χ0) is 11.7. The minimum Gasteiger partial charge on any atom is -0.365 e. The van der Waals surface area contributed by atoms with Crippen molar-refractivity contribution >= 4 is 28.2 Å². The monoisotopic (exact) mass is 236 g/mol. The summed E-state index contributed by atoms with van der Waals surface area (Å²) >= 11 is 1.44. The predicted molar refractivity (Wildman–Crippen MR) is 63.7 cm³/mol. The molecular weight excluding hydrogens is 224 g/mol. The van der Waals surface area contributed by atoms with E-state index in [0.717, 1.165) is 29.7 Å². The van der Waals surface area contributed by atoms with E-state index in [9.17, 15) is 9.59 Å². The molecule has 3 N–H and O–H groups in total. The van der Waals surface area contributed by atoms with Crippen LogP contribution in [0.15, 0.2) is 12.7 Å². The number of thiophene rings is 1. The van der Waals surface area contributed by atoms with E-state index < -0.39 is 5.91 Å². The van der Waals surface area contributed by atoms with Gasteiger partial charge in [-0.05, 0) is 30.9 Å². The highest BCUT2D eigenvalue weighted by atomic mass is 32.1. The molecule has 0 atom stereocenters. The molecule has 0 spiro atoms. The van der Waals surface area contributed by atoms with Crippen LogP contribution in [0.3, 0.4) is 0 Å². The Morgan fingerprint density at radius 1 is 1.44 bits per heavy atom. The molecule has 0 aliphatic heterocycles. The van der Waals surface area contributed by atoms with Gasteiger partial charge < -0.3 is 11.1 Å². The van der Waals surface area contributed by atoms with Gasteiger partial charge in [0.2, 0.25) is 5.91 Å². The summed E-state index contributed by atoms with van der Waals surface area (Å²) in [5, 5.41) is 3.19. The molecule has 0 unspecified atom stereocenters. The quantitative estimate of drug-likeness (QED) is 0.780. The van der Waals surface area contributed by atoms with Crippen LogP contribution in [0.4, 0.5) is 5.00 Å². The summed E-state index contributed by atoms with van der Waals surface area (Å²) in [7, 11) is 0. The standard InChI is InChI=1S/C11H12N2O2S/c1-2-8(14)13-11-9(10(12)15)6-4-3-5-7(6)16-11/h2H,1,3-5H2,(H2,12,15)(H,13,14). The molecule has 0 saturated heterocycles. The maximum absolute atomic E-state index is 11.4. The maximum atomic E-state index is 11.4. The lowest BCUT2D eigenvalue weighted by Gasteiger charge is -2.02. The first-order valence-electron chi connectivity index (χ1n) is 5.01. The normalized spacial score (nSPS) is 13.2. The van der Waals surface area contributed by atoms with Gasteiger partial charge >= 0.3 is 0 Å². The van der Waals surface area contributed by atoms with Crippen molar-refractivity contribution in [3.8, 4) is 0 Å². The topological polar surface area (TPSA) is 72.2 Å². The number of amides is 2. The number of nitrogens with one attached hydrogen (secondary N) is 1. The summed E-state index contributed by atoms with van der Waals surface area (Å²) in [6.45, 7) is 3.37. The molecule has 1 aromatic rings. The zero-order valence-corrected chi connectivity index (χ0v) is 9.52. The van der Waals surface area contributed by atoms with Crippen LogP contribution in [-0.4, -0.2) is 11.8 Å². The third kappa shape index (κ3) is 1.74. The summed E-state index contributed by atoms with van der Waals surface area (Å²) in [5.41, 5.74) is 6.83. The van der Waals surface area contributed by atoms with Gasteiger partial charge in [0.25, 0.3) is 5.91 Å². The van der Waals surface area contributed by atoms with Gasteiger partial charge in [0.05, 0.1) is 5.56 Å². The van der Waals surface area contributed by atoms with Gasteiger partial charge in [0.15, 0.2) is 0 Å². The molecule has 5 heteroatoms. The molecule has 0 radical (unpaired) electrons. The summed E-state index contributed by atoms with van der Waals surface area (Å²) < 4.78 is 0. The van der Waals surface area contributed by atoms with Crippen molar-refractivity contribution in [1.82, 2.24) is 0 Å². The molecule has 1 aliphatic carbocycles. The second kappa shape index (κ2) is 4.09. The highest BCUT2D eigenvalue weighted by molar-refractivity contribution is 7.17. The smallest absolute Gasteiger partial charge is 0.251 e. The summed E-state index contributed by atoms with van der Waals surface area (Å²) in [6.07, 6.45) is 4.06. The van der Waals surface area contributed by atoms with Crippen molar-refractivity contribution in [3.05, 3.63) is 28.7 Å². The first kappa shape index (κ1) is 10.9. The first-order valence-corrected chi connectivity index (χ1v) is 5.83. The lowest BCUT2D eigenvalue weighted by molar-refractivity contribution is -0.111. The molecule has 0 aromatic carbocycles. The van der Waals surface area contributed by atoms with Crippen molar-refractivity contribution < 1.29 is 9.59 Å². The van der Waals surface area contributed by atoms with Gasteiger partial charge in [0, 0.05) is 4.88 Å². The number of fused-ring (bicyclic) bond motifs is 1. The number of carbonyl (C=O) groups excluding carboxylic acids is 2. The number of nitrogens with two attached hydrogens (primary N) is 1. The molecule has 1 aromatic heterocycles. The Morgan fingerprint density at radius 3 is 2.81 bits per heavy atom. The zero-order valence-electron chi connectivity index (χ0n) is 8.71. The summed E-state index contributed by atoms with van der Waals surface area (Å²) in [4.78, 5) is 23.7. The van der Waals surface area contributed by atoms with Gasteiger partial charge in [-0.25, -0.2) is 0 Å². The van der Waals surface area contributed by atoms with Crippen molar-refractivity contribution in [2.24, 2.45) is 5.73 Å². The van der Waals surface area contributed by atoms with Crippen LogP contribution in [0.25, 0.3) is 0 Å². The lowest BCUT2D eigenvalue weighted by Crippen LogP contribution is -2.16. The number of rotatable bonds is 3. The van der Waals surface area contributed by atoms with Gasteiger partial charge in [-0.3, -0.25) is 9.59 Å². The van der Waals surface area contributed by atoms with Gasteiger partial charge in [-0.1, -0.05) is 6.58 Å². The third-order valence-corrected chi connectivity index (χ3v) is 3.80. The molecule has 16 heavy (non-hydrogen) atoms. The Hall–Kier alpha value is -1.62. The Bertz CT molecular complexity index is 477. The maximum Gasteiger partial charge on any atom is 0.251 e. The minimum absolute atomic E-state index is 0.317. The van der Waals surface area contributed by atoms with Crippen LogP contribution in [-0.2, 0) is 17.6 Å². The molecule has 0 bridgehead atoms. The Morgan fingerprint density at radius 2 is 2.19 bits per heavy atom. The van der Waals surface area contributed by atoms with Crippen molar-refractivity contribution in [2.75, 3.05) is 5.32 Å². The van der Waals surface area contributed by atoms with E-state index in [2.05, 4.69) is 11.9 Å². The predicted octanol–water partition coefficient (Wildman–Crippen LogP) is 1.46. The van der Waals surface area contributed by atoms with E-state index in [0.29, 0.717) is 10.6 Å². The second-order valence-electron chi connectivity index (χ2n) is 3.62. The first-order chi connectivity index (χ1) is 7.63. The lowest BCUT2D eigenvalue weighted by atomic mass is 10.1. The molecule has 2 amide bonds. The number of hydrogen-bond donors (Lipinski definition) is 2. The van der Waals surface area contributed by atoms with Crippen LogP contribution in [0.2, 0.25) is 0 Å². The molecule has 1 aliphatic rings. The molecule has 0 saturated carbocycles. The van der Waals surface area contributed by atoms with Crippen molar-refractivity contribution in [1.29, 1.82) is 0 Å².